The number of fused-ring (bicyclic) bond motifs is 1. The predicted octanol–water partition coefficient (Wildman–Crippen LogP) is 1.87. The van der Waals surface area contributed by atoms with Crippen LogP contribution in [0.3, 0.4) is 0 Å². The smallest absolute Gasteiger partial charge is 0.160 e. The van der Waals surface area contributed by atoms with Crippen molar-refractivity contribution in [1.82, 2.24) is 9.97 Å². The Morgan fingerprint density at radius 3 is 2.67 bits per heavy atom. The minimum Gasteiger partial charge on any atom is -0.383 e. The second-order valence-corrected chi connectivity index (χ2v) is 5.68. The van der Waals surface area contributed by atoms with Crippen molar-refractivity contribution in [2.24, 2.45) is 5.41 Å². The monoisotopic (exact) mass is 251 g/mol. The van der Waals surface area contributed by atoms with Crippen molar-refractivity contribution in [3.63, 3.8) is 0 Å². The third-order valence-corrected chi connectivity index (χ3v) is 3.13. The lowest BCUT2D eigenvalue weighted by atomic mass is 9.88. The molecule has 0 aromatic carbocycles. The number of ether oxygens (including phenoxy) is 2. The molecule has 1 unspecified atom stereocenters. The van der Waals surface area contributed by atoms with E-state index < -0.39 is 0 Å². The van der Waals surface area contributed by atoms with Gasteiger partial charge in [0.1, 0.15) is 11.9 Å². The first-order chi connectivity index (χ1) is 8.43. The second-order valence-electron chi connectivity index (χ2n) is 5.68. The van der Waals surface area contributed by atoms with Gasteiger partial charge in [-0.2, -0.15) is 0 Å². The molecule has 0 fully saturated rings. The highest BCUT2D eigenvalue weighted by Crippen LogP contribution is 2.35. The minimum absolute atomic E-state index is 0.0689. The first-order valence-corrected chi connectivity index (χ1v) is 6.19. The zero-order chi connectivity index (χ0) is 13.3. The van der Waals surface area contributed by atoms with E-state index in [1.54, 1.807) is 7.11 Å². The van der Waals surface area contributed by atoms with Crippen molar-refractivity contribution in [3.05, 3.63) is 17.1 Å². The third kappa shape index (κ3) is 2.47. The van der Waals surface area contributed by atoms with E-state index in [0.717, 1.165) is 17.7 Å². The topological polar surface area (TPSA) is 70.3 Å². The number of anilines is 1. The molecule has 0 saturated carbocycles. The Morgan fingerprint density at radius 2 is 2.06 bits per heavy atom. The molecular formula is C13H21N3O2. The van der Waals surface area contributed by atoms with Crippen molar-refractivity contribution < 1.29 is 9.47 Å². The molecule has 5 nitrogen and oxygen atoms in total. The molecule has 5 heteroatoms. The zero-order valence-electron chi connectivity index (χ0n) is 11.5. The van der Waals surface area contributed by atoms with E-state index in [4.69, 9.17) is 15.2 Å². The Kier molecular flexibility index (Phi) is 3.54. The Hall–Kier alpha value is -1.20. The molecular weight excluding hydrogens is 230 g/mol. The van der Waals surface area contributed by atoms with Crippen LogP contribution < -0.4 is 5.73 Å². The molecule has 1 aliphatic heterocycles. The Balaban J connectivity index is 2.43. The average molecular weight is 251 g/mol. The van der Waals surface area contributed by atoms with Gasteiger partial charge in [0.25, 0.3) is 0 Å². The van der Waals surface area contributed by atoms with E-state index in [1.807, 2.05) is 0 Å². The highest BCUT2D eigenvalue weighted by molar-refractivity contribution is 5.43. The molecule has 0 aliphatic carbocycles. The largest absolute Gasteiger partial charge is 0.383 e. The molecule has 2 rings (SSSR count). The van der Waals surface area contributed by atoms with E-state index in [1.165, 1.54) is 0 Å². The maximum absolute atomic E-state index is 5.99. The summed E-state index contributed by atoms with van der Waals surface area (Å²) in [6, 6.07) is 0. The zero-order valence-corrected chi connectivity index (χ0v) is 11.5. The maximum atomic E-state index is 5.99. The highest BCUT2D eigenvalue weighted by atomic mass is 16.5. The molecule has 18 heavy (non-hydrogen) atoms. The third-order valence-electron chi connectivity index (χ3n) is 3.13. The van der Waals surface area contributed by atoms with E-state index in [9.17, 15) is 0 Å². The van der Waals surface area contributed by atoms with E-state index in [0.29, 0.717) is 24.9 Å². The summed E-state index contributed by atoms with van der Waals surface area (Å²) in [5.74, 6) is 1.18. The normalized spacial score (nSPS) is 17.3. The molecule has 0 amide bonds. The van der Waals surface area contributed by atoms with Gasteiger partial charge in [-0.25, -0.2) is 9.97 Å². The molecule has 0 radical (unpaired) electrons. The molecule has 100 valence electrons. The lowest BCUT2D eigenvalue weighted by Crippen LogP contribution is -2.25. The molecule has 1 aliphatic rings. The fraction of sp³-hybridized carbons (Fsp3) is 0.692. The molecule has 0 spiro atoms. The quantitative estimate of drug-likeness (QED) is 0.868. The maximum Gasteiger partial charge on any atom is 0.160 e. The lowest BCUT2D eigenvalue weighted by molar-refractivity contribution is 0.00821. The van der Waals surface area contributed by atoms with Gasteiger partial charge in [0, 0.05) is 19.1 Å². The van der Waals surface area contributed by atoms with E-state index >= 15 is 0 Å². The van der Waals surface area contributed by atoms with Gasteiger partial charge in [0.2, 0.25) is 0 Å². The van der Waals surface area contributed by atoms with Crippen LogP contribution >= 0.6 is 0 Å². The highest BCUT2D eigenvalue weighted by Gasteiger charge is 2.30. The van der Waals surface area contributed by atoms with Crippen molar-refractivity contribution in [2.75, 3.05) is 19.5 Å². The Labute approximate surface area is 108 Å². The fourth-order valence-electron chi connectivity index (χ4n) is 2.24. The summed E-state index contributed by atoms with van der Waals surface area (Å²) in [6.07, 6.45) is 0.628. The minimum atomic E-state index is -0.159. The number of hydrogen-bond acceptors (Lipinski definition) is 5. The van der Waals surface area contributed by atoms with E-state index in [2.05, 4.69) is 30.7 Å². The summed E-state index contributed by atoms with van der Waals surface area (Å²) in [5.41, 5.74) is 7.84. The summed E-state index contributed by atoms with van der Waals surface area (Å²) < 4.78 is 10.9. The van der Waals surface area contributed by atoms with Crippen LogP contribution in [0.15, 0.2) is 0 Å². The van der Waals surface area contributed by atoms with Gasteiger partial charge in [-0.3, -0.25) is 0 Å². The van der Waals surface area contributed by atoms with Crippen LogP contribution in [0.2, 0.25) is 0 Å². The lowest BCUT2D eigenvalue weighted by Gasteiger charge is -2.29. The van der Waals surface area contributed by atoms with Gasteiger partial charge in [-0.05, 0) is 5.41 Å². The number of nitrogens with zero attached hydrogens (tertiary/aromatic N) is 2. The van der Waals surface area contributed by atoms with Gasteiger partial charge < -0.3 is 15.2 Å². The summed E-state index contributed by atoms with van der Waals surface area (Å²) in [4.78, 5) is 9.00. The molecule has 1 atom stereocenters. The van der Waals surface area contributed by atoms with Gasteiger partial charge >= 0.3 is 0 Å². The van der Waals surface area contributed by atoms with Gasteiger partial charge in [-0.15, -0.1) is 0 Å². The van der Waals surface area contributed by atoms with E-state index in [-0.39, 0.29) is 11.5 Å². The molecule has 2 heterocycles. The van der Waals surface area contributed by atoms with Crippen LogP contribution in [0.25, 0.3) is 0 Å². The van der Waals surface area contributed by atoms with Crippen LogP contribution in [0.5, 0.6) is 0 Å². The fourth-order valence-corrected chi connectivity index (χ4v) is 2.24. The molecule has 1 aromatic rings. The van der Waals surface area contributed by atoms with Gasteiger partial charge in [-0.1, -0.05) is 20.8 Å². The Bertz CT molecular complexity index is 441. The van der Waals surface area contributed by atoms with Crippen molar-refractivity contribution in [2.45, 2.75) is 39.9 Å². The van der Waals surface area contributed by atoms with Gasteiger partial charge in [0.15, 0.2) is 5.82 Å². The SMILES string of the molecule is COC(c1nc(N)c2c(n1)CCOC2)C(C)(C)C. The van der Waals surface area contributed by atoms with Crippen LogP contribution in [0.1, 0.15) is 44.0 Å². The first-order valence-electron chi connectivity index (χ1n) is 6.19. The molecule has 2 N–H and O–H groups in total. The summed E-state index contributed by atoms with van der Waals surface area (Å²) in [6.45, 7) is 7.50. The Morgan fingerprint density at radius 1 is 1.33 bits per heavy atom. The number of aromatic nitrogens is 2. The average Bonchev–Trinajstić information content (AvgIpc) is 2.28. The van der Waals surface area contributed by atoms with Crippen molar-refractivity contribution in [1.29, 1.82) is 0 Å². The summed E-state index contributed by atoms with van der Waals surface area (Å²) in [5, 5.41) is 0. The summed E-state index contributed by atoms with van der Waals surface area (Å²) >= 11 is 0. The predicted molar refractivity (Wildman–Crippen MR) is 69.0 cm³/mol. The number of nitrogen functional groups attached to an aromatic ring is 1. The number of methoxy groups -OCH3 is 1. The van der Waals surface area contributed by atoms with Crippen molar-refractivity contribution in [3.8, 4) is 0 Å². The van der Waals surface area contributed by atoms with Gasteiger partial charge in [0.05, 0.1) is 18.9 Å². The van der Waals surface area contributed by atoms with Crippen LogP contribution in [-0.4, -0.2) is 23.7 Å². The molecule has 0 saturated heterocycles. The van der Waals surface area contributed by atoms with Crippen LogP contribution in [0.4, 0.5) is 5.82 Å². The standard InChI is InChI=1S/C13H21N3O2/c1-13(2,3)10(17-4)12-15-9-5-6-18-7-8(9)11(14)16-12/h10H,5-7H2,1-4H3,(H2,14,15,16). The number of nitrogens with two attached hydrogens (primary N) is 1. The van der Waals surface area contributed by atoms with Crippen molar-refractivity contribution >= 4 is 5.82 Å². The number of hydrogen-bond donors (Lipinski definition) is 1. The number of rotatable bonds is 2. The van der Waals surface area contributed by atoms with Crippen LogP contribution in [-0.2, 0) is 22.5 Å². The summed E-state index contributed by atoms with van der Waals surface area (Å²) in [7, 11) is 1.68. The second kappa shape index (κ2) is 4.82. The molecule has 1 aromatic heterocycles. The van der Waals surface area contributed by atoms with Crippen LogP contribution in [0, 0.1) is 5.41 Å². The first kappa shape index (κ1) is 13.2. The molecule has 0 bridgehead atoms.